The van der Waals surface area contributed by atoms with Crippen LogP contribution >= 0.6 is 38.5 Å². The largest absolute Gasteiger partial charge is 0.352 e. The van der Waals surface area contributed by atoms with Gasteiger partial charge in [-0.2, -0.15) is 0 Å². The van der Waals surface area contributed by atoms with Crippen LogP contribution < -0.4 is 5.32 Å². The number of carbonyl (C=O) groups is 1. The molecule has 0 unspecified atom stereocenters. The van der Waals surface area contributed by atoms with Gasteiger partial charge in [0.2, 0.25) is 0 Å². The molecule has 82 valence electrons. The minimum absolute atomic E-state index is 0.00570. The minimum Gasteiger partial charge on any atom is -0.352 e. The molecule has 2 nitrogen and oxygen atoms in total. The first-order valence-corrected chi connectivity index (χ1v) is 6.75. The van der Waals surface area contributed by atoms with Crippen molar-refractivity contribution in [3.8, 4) is 0 Å². The van der Waals surface area contributed by atoms with Gasteiger partial charge in [0.1, 0.15) is 0 Å². The van der Waals surface area contributed by atoms with E-state index in [0.29, 0.717) is 5.56 Å². The van der Waals surface area contributed by atoms with E-state index in [4.69, 9.17) is 0 Å². The highest BCUT2D eigenvalue weighted by atomic mass is 127. The predicted octanol–water partition coefficient (Wildman–Crippen LogP) is 3.58. The molecule has 1 aromatic carbocycles. The van der Waals surface area contributed by atoms with Crippen molar-refractivity contribution in [3.05, 3.63) is 31.8 Å². The number of benzene rings is 1. The van der Waals surface area contributed by atoms with Gasteiger partial charge in [0.05, 0.1) is 5.56 Å². The van der Waals surface area contributed by atoms with Gasteiger partial charge in [0.25, 0.3) is 5.91 Å². The fraction of sp³-hybridized carbons (Fsp3) is 0.364. The first-order chi connectivity index (χ1) is 7.15. The standard InChI is InChI=1S/C11H13BrINO/c1-2-3-6-14-11(15)9-7-8(13)4-5-10(9)12/h4-5,7H,2-3,6H2,1H3,(H,14,15). The van der Waals surface area contributed by atoms with Gasteiger partial charge in [-0.1, -0.05) is 13.3 Å². The Hall–Kier alpha value is -0.100. The molecule has 0 atom stereocenters. The first kappa shape index (κ1) is 13.0. The van der Waals surface area contributed by atoms with Gasteiger partial charge in [-0.25, -0.2) is 0 Å². The highest BCUT2D eigenvalue weighted by molar-refractivity contribution is 14.1. The average Bonchev–Trinajstić information content (AvgIpc) is 2.22. The molecule has 0 radical (unpaired) electrons. The number of hydrogen-bond acceptors (Lipinski definition) is 1. The Morgan fingerprint density at radius 3 is 2.93 bits per heavy atom. The Morgan fingerprint density at radius 2 is 2.27 bits per heavy atom. The summed E-state index contributed by atoms with van der Waals surface area (Å²) in [4.78, 5) is 11.7. The Kier molecular flexibility index (Phi) is 5.60. The molecule has 0 aromatic heterocycles. The van der Waals surface area contributed by atoms with Gasteiger partial charge in [0, 0.05) is 14.6 Å². The summed E-state index contributed by atoms with van der Waals surface area (Å²) >= 11 is 5.58. The molecule has 0 bridgehead atoms. The second-order valence-corrected chi connectivity index (χ2v) is 5.33. The summed E-state index contributed by atoms with van der Waals surface area (Å²) in [7, 11) is 0. The highest BCUT2D eigenvalue weighted by Crippen LogP contribution is 2.19. The van der Waals surface area contributed by atoms with E-state index in [1.807, 2.05) is 18.2 Å². The lowest BCUT2D eigenvalue weighted by Gasteiger charge is -2.06. The molecular formula is C11H13BrINO. The van der Waals surface area contributed by atoms with Crippen LogP contribution in [-0.4, -0.2) is 12.5 Å². The molecular weight excluding hydrogens is 369 g/mol. The molecule has 0 aliphatic rings. The number of halogens is 2. The topological polar surface area (TPSA) is 29.1 Å². The van der Waals surface area contributed by atoms with Gasteiger partial charge >= 0.3 is 0 Å². The highest BCUT2D eigenvalue weighted by Gasteiger charge is 2.09. The van der Waals surface area contributed by atoms with E-state index in [9.17, 15) is 4.79 Å². The fourth-order valence-electron chi connectivity index (χ4n) is 1.15. The van der Waals surface area contributed by atoms with Crippen LogP contribution in [0.4, 0.5) is 0 Å². The van der Waals surface area contributed by atoms with Gasteiger partial charge in [-0.15, -0.1) is 0 Å². The van der Waals surface area contributed by atoms with Gasteiger partial charge < -0.3 is 5.32 Å². The van der Waals surface area contributed by atoms with Crippen LogP contribution in [0.2, 0.25) is 0 Å². The smallest absolute Gasteiger partial charge is 0.252 e. The first-order valence-electron chi connectivity index (χ1n) is 4.88. The molecule has 0 spiro atoms. The molecule has 1 aromatic rings. The Morgan fingerprint density at radius 1 is 1.53 bits per heavy atom. The third kappa shape index (κ3) is 4.10. The summed E-state index contributed by atoms with van der Waals surface area (Å²) in [6.07, 6.45) is 2.11. The Bertz CT molecular complexity index is 354. The summed E-state index contributed by atoms with van der Waals surface area (Å²) in [5.74, 6) is -0.00570. The van der Waals surface area contributed by atoms with Crippen molar-refractivity contribution in [3.63, 3.8) is 0 Å². The molecule has 1 N–H and O–H groups in total. The molecule has 1 rings (SSSR count). The van der Waals surface area contributed by atoms with E-state index in [2.05, 4.69) is 50.8 Å². The number of nitrogens with one attached hydrogen (secondary N) is 1. The van der Waals surface area contributed by atoms with Crippen LogP contribution in [0, 0.1) is 3.57 Å². The number of carbonyl (C=O) groups excluding carboxylic acids is 1. The van der Waals surface area contributed by atoms with Crippen molar-refractivity contribution in [2.45, 2.75) is 19.8 Å². The van der Waals surface area contributed by atoms with Crippen molar-refractivity contribution in [1.29, 1.82) is 0 Å². The zero-order valence-electron chi connectivity index (χ0n) is 8.52. The normalized spacial score (nSPS) is 10.1. The molecule has 0 fully saturated rings. The van der Waals surface area contributed by atoms with Crippen molar-refractivity contribution in [2.24, 2.45) is 0 Å². The van der Waals surface area contributed by atoms with E-state index < -0.39 is 0 Å². The van der Waals surface area contributed by atoms with E-state index in [1.165, 1.54) is 0 Å². The summed E-state index contributed by atoms with van der Waals surface area (Å²) in [6, 6.07) is 5.75. The van der Waals surface area contributed by atoms with E-state index >= 15 is 0 Å². The molecule has 1 amide bonds. The lowest BCUT2D eigenvalue weighted by atomic mass is 10.2. The fourth-order valence-corrected chi connectivity index (χ4v) is 2.06. The zero-order chi connectivity index (χ0) is 11.3. The maximum atomic E-state index is 11.7. The van der Waals surface area contributed by atoms with Crippen molar-refractivity contribution >= 4 is 44.4 Å². The second-order valence-electron chi connectivity index (χ2n) is 3.23. The van der Waals surface area contributed by atoms with Crippen LogP contribution in [-0.2, 0) is 0 Å². The number of amides is 1. The van der Waals surface area contributed by atoms with Crippen LogP contribution in [0.1, 0.15) is 30.1 Å². The SMILES string of the molecule is CCCCNC(=O)c1cc(I)ccc1Br. The summed E-state index contributed by atoms with van der Waals surface area (Å²) < 4.78 is 1.91. The van der Waals surface area contributed by atoms with Crippen LogP contribution in [0.15, 0.2) is 22.7 Å². The number of unbranched alkanes of at least 4 members (excludes halogenated alkanes) is 1. The average molecular weight is 382 g/mol. The Balaban J connectivity index is 2.68. The summed E-state index contributed by atoms with van der Waals surface area (Å²) in [6.45, 7) is 2.85. The molecule has 0 saturated carbocycles. The lowest BCUT2D eigenvalue weighted by molar-refractivity contribution is 0.0952. The van der Waals surface area contributed by atoms with E-state index in [-0.39, 0.29) is 5.91 Å². The number of hydrogen-bond donors (Lipinski definition) is 1. The third-order valence-electron chi connectivity index (χ3n) is 1.99. The second kappa shape index (κ2) is 6.48. The van der Waals surface area contributed by atoms with Crippen LogP contribution in [0.3, 0.4) is 0 Å². The molecule has 0 aliphatic carbocycles. The van der Waals surface area contributed by atoms with E-state index in [1.54, 1.807) is 0 Å². The van der Waals surface area contributed by atoms with E-state index in [0.717, 1.165) is 27.4 Å². The van der Waals surface area contributed by atoms with Crippen molar-refractivity contribution in [1.82, 2.24) is 5.32 Å². The Labute approximate surface area is 112 Å². The zero-order valence-corrected chi connectivity index (χ0v) is 12.3. The monoisotopic (exact) mass is 381 g/mol. The summed E-state index contributed by atoms with van der Waals surface area (Å²) in [5.41, 5.74) is 0.706. The maximum absolute atomic E-state index is 11.7. The molecule has 0 heterocycles. The van der Waals surface area contributed by atoms with Crippen LogP contribution in [0.25, 0.3) is 0 Å². The summed E-state index contributed by atoms with van der Waals surface area (Å²) in [5, 5.41) is 2.90. The quantitative estimate of drug-likeness (QED) is 0.626. The lowest BCUT2D eigenvalue weighted by Crippen LogP contribution is -2.24. The molecule has 4 heteroatoms. The molecule has 0 saturated heterocycles. The minimum atomic E-state index is -0.00570. The molecule has 15 heavy (non-hydrogen) atoms. The third-order valence-corrected chi connectivity index (χ3v) is 3.35. The number of rotatable bonds is 4. The van der Waals surface area contributed by atoms with Gasteiger partial charge in [0.15, 0.2) is 0 Å². The predicted molar refractivity (Wildman–Crippen MR) is 74.1 cm³/mol. The van der Waals surface area contributed by atoms with Crippen molar-refractivity contribution < 1.29 is 4.79 Å². The van der Waals surface area contributed by atoms with Crippen molar-refractivity contribution in [2.75, 3.05) is 6.54 Å². The van der Waals surface area contributed by atoms with Gasteiger partial charge in [-0.3, -0.25) is 4.79 Å². The maximum Gasteiger partial charge on any atom is 0.252 e. The van der Waals surface area contributed by atoms with Crippen LogP contribution in [0.5, 0.6) is 0 Å². The molecule has 0 aliphatic heterocycles. The van der Waals surface area contributed by atoms with Gasteiger partial charge in [-0.05, 0) is 63.1 Å².